The molecule has 0 saturated carbocycles. The number of ether oxygens (including phenoxy) is 1. The van der Waals surface area contributed by atoms with Crippen LogP contribution in [-0.4, -0.2) is 44.9 Å². The molecule has 8 heteroatoms. The van der Waals surface area contributed by atoms with Crippen LogP contribution >= 0.6 is 0 Å². The molecule has 1 N–H and O–H groups in total. The number of halogens is 1. The molecule has 0 atom stereocenters. The minimum atomic E-state index is -3.47. The number of nitrogens with zero attached hydrogens (tertiary/aromatic N) is 1. The van der Waals surface area contributed by atoms with Gasteiger partial charge in [0, 0.05) is 19.5 Å². The third kappa shape index (κ3) is 6.83. The molecule has 0 heterocycles. The average molecular weight is 423 g/mol. The molecule has 2 rings (SSSR count). The van der Waals surface area contributed by atoms with Gasteiger partial charge in [-0.25, -0.2) is 12.8 Å². The zero-order valence-electron chi connectivity index (χ0n) is 16.7. The summed E-state index contributed by atoms with van der Waals surface area (Å²) in [7, 11) is -3.47. The molecule has 2 aromatic rings. The van der Waals surface area contributed by atoms with E-state index < -0.39 is 10.0 Å². The molecule has 0 aliphatic carbocycles. The van der Waals surface area contributed by atoms with Crippen molar-refractivity contribution in [3.05, 3.63) is 59.9 Å². The molecule has 0 bridgehead atoms. The quantitative estimate of drug-likeness (QED) is 0.565. The number of hydrogen-bond acceptors (Lipinski definition) is 4. The topological polar surface area (TPSA) is 75.7 Å². The van der Waals surface area contributed by atoms with Gasteiger partial charge < -0.3 is 10.1 Å². The maximum Gasteiger partial charge on any atom is 0.243 e. The van der Waals surface area contributed by atoms with Crippen molar-refractivity contribution in [2.24, 2.45) is 0 Å². The van der Waals surface area contributed by atoms with E-state index in [0.29, 0.717) is 38.2 Å². The lowest BCUT2D eigenvalue weighted by Crippen LogP contribution is -2.30. The van der Waals surface area contributed by atoms with Gasteiger partial charge in [-0.15, -0.1) is 0 Å². The number of amides is 1. The lowest BCUT2D eigenvalue weighted by Gasteiger charge is -2.18. The van der Waals surface area contributed by atoms with E-state index in [-0.39, 0.29) is 23.2 Å². The first-order valence-corrected chi connectivity index (χ1v) is 11.0. The highest BCUT2D eigenvalue weighted by atomic mass is 32.2. The number of carbonyl (C=O) groups is 1. The zero-order valence-corrected chi connectivity index (χ0v) is 17.5. The summed E-state index contributed by atoms with van der Waals surface area (Å²) in [4.78, 5) is 12.2. The molecular weight excluding hydrogens is 395 g/mol. The predicted octanol–water partition coefficient (Wildman–Crippen LogP) is 2.98. The van der Waals surface area contributed by atoms with Crippen LogP contribution in [0.2, 0.25) is 0 Å². The molecule has 1 amide bonds. The smallest absolute Gasteiger partial charge is 0.243 e. The van der Waals surface area contributed by atoms with Crippen molar-refractivity contribution in [3.63, 3.8) is 0 Å². The van der Waals surface area contributed by atoms with Gasteiger partial charge in [-0.3, -0.25) is 4.79 Å². The number of carbonyl (C=O) groups excluding carboxylic acids is 1. The molecule has 158 valence electrons. The first kappa shape index (κ1) is 22.8. The maximum absolute atomic E-state index is 12.8. The van der Waals surface area contributed by atoms with Crippen LogP contribution in [0.15, 0.2) is 53.4 Å². The van der Waals surface area contributed by atoms with E-state index in [1.165, 1.54) is 28.6 Å². The summed E-state index contributed by atoms with van der Waals surface area (Å²) in [5.74, 6) is 0.0947. The molecule has 0 aliphatic heterocycles. The van der Waals surface area contributed by atoms with E-state index in [2.05, 4.69) is 5.32 Å². The van der Waals surface area contributed by atoms with Gasteiger partial charge in [0.25, 0.3) is 0 Å². The van der Waals surface area contributed by atoms with Crippen LogP contribution in [0.25, 0.3) is 0 Å². The summed E-state index contributed by atoms with van der Waals surface area (Å²) in [6.07, 6.45) is 0.801. The first-order chi connectivity index (χ1) is 13.9. The van der Waals surface area contributed by atoms with E-state index in [9.17, 15) is 17.6 Å². The average Bonchev–Trinajstić information content (AvgIpc) is 2.72. The van der Waals surface area contributed by atoms with Crippen LogP contribution in [0.5, 0.6) is 5.75 Å². The summed E-state index contributed by atoms with van der Waals surface area (Å²) in [5.41, 5.74) is 0.890. The Kier molecular flexibility index (Phi) is 8.60. The Balaban J connectivity index is 1.75. The fourth-order valence-electron chi connectivity index (χ4n) is 2.78. The van der Waals surface area contributed by atoms with Gasteiger partial charge >= 0.3 is 0 Å². The lowest BCUT2D eigenvalue weighted by molar-refractivity contribution is -0.121. The van der Waals surface area contributed by atoms with Crippen LogP contribution < -0.4 is 10.1 Å². The Morgan fingerprint density at radius 2 is 1.66 bits per heavy atom. The molecule has 0 spiro atoms. The summed E-state index contributed by atoms with van der Waals surface area (Å²) in [5, 5.41) is 2.76. The Bertz CT molecular complexity index is 880. The lowest BCUT2D eigenvalue weighted by atomic mass is 10.1. The first-order valence-electron chi connectivity index (χ1n) is 9.61. The molecule has 29 heavy (non-hydrogen) atoms. The zero-order chi connectivity index (χ0) is 21.3. The second-order valence-electron chi connectivity index (χ2n) is 6.39. The number of sulfonamides is 1. The third-order valence-corrected chi connectivity index (χ3v) is 6.48. The van der Waals surface area contributed by atoms with Crippen molar-refractivity contribution in [1.82, 2.24) is 9.62 Å². The molecule has 6 nitrogen and oxygen atoms in total. The second kappa shape index (κ2) is 10.9. The SMILES string of the molecule is CCN(CC)S(=O)(=O)c1ccc(CCC(=O)NCCOc2ccc(F)cc2)cc1. The Morgan fingerprint density at radius 1 is 1.03 bits per heavy atom. The molecule has 0 aliphatic rings. The molecule has 0 radical (unpaired) electrons. The standard InChI is InChI=1S/C21H27FN2O4S/c1-3-24(4-2)29(26,27)20-12-5-17(6-13-20)7-14-21(25)23-15-16-28-19-10-8-18(22)9-11-19/h5-6,8-13H,3-4,7,14-16H2,1-2H3,(H,23,25). The van der Waals surface area contributed by atoms with Gasteiger partial charge in [0.05, 0.1) is 11.4 Å². The number of rotatable bonds is 11. The third-order valence-electron chi connectivity index (χ3n) is 4.41. The number of hydrogen-bond donors (Lipinski definition) is 1. The van der Waals surface area contributed by atoms with Gasteiger partial charge in [-0.1, -0.05) is 26.0 Å². The van der Waals surface area contributed by atoms with Crippen molar-refractivity contribution < 1.29 is 22.3 Å². The van der Waals surface area contributed by atoms with Crippen LogP contribution in [-0.2, 0) is 21.2 Å². The monoisotopic (exact) mass is 422 g/mol. The van der Waals surface area contributed by atoms with E-state index in [1.54, 1.807) is 38.1 Å². The summed E-state index contributed by atoms with van der Waals surface area (Å²) in [6.45, 7) is 5.08. The van der Waals surface area contributed by atoms with E-state index >= 15 is 0 Å². The van der Waals surface area contributed by atoms with Crippen molar-refractivity contribution >= 4 is 15.9 Å². The van der Waals surface area contributed by atoms with E-state index in [1.807, 2.05) is 0 Å². The largest absolute Gasteiger partial charge is 0.492 e. The van der Waals surface area contributed by atoms with Crippen molar-refractivity contribution in [1.29, 1.82) is 0 Å². The maximum atomic E-state index is 12.8. The molecule has 2 aromatic carbocycles. The van der Waals surface area contributed by atoms with Gasteiger partial charge in [0.15, 0.2) is 0 Å². The molecule has 0 fully saturated rings. The number of benzene rings is 2. The van der Waals surface area contributed by atoms with E-state index in [4.69, 9.17) is 4.74 Å². The highest BCUT2D eigenvalue weighted by Gasteiger charge is 2.21. The Hall–Kier alpha value is -2.45. The highest BCUT2D eigenvalue weighted by Crippen LogP contribution is 2.17. The van der Waals surface area contributed by atoms with Crippen LogP contribution in [0.3, 0.4) is 0 Å². The molecule has 0 saturated heterocycles. The minimum absolute atomic E-state index is 0.118. The minimum Gasteiger partial charge on any atom is -0.492 e. The van der Waals surface area contributed by atoms with Gasteiger partial charge in [-0.2, -0.15) is 4.31 Å². The van der Waals surface area contributed by atoms with Crippen molar-refractivity contribution in [2.75, 3.05) is 26.2 Å². The van der Waals surface area contributed by atoms with E-state index in [0.717, 1.165) is 5.56 Å². The fraction of sp³-hybridized carbons (Fsp3) is 0.381. The van der Waals surface area contributed by atoms with Crippen LogP contribution in [0, 0.1) is 5.82 Å². The van der Waals surface area contributed by atoms with Gasteiger partial charge in [-0.05, 0) is 48.4 Å². The number of aryl methyl sites for hydroxylation is 1. The summed E-state index contributed by atoms with van der Waals surface area (Å²) >= 11 is 0. The number of nitrogens with one attached hydrogen (secondary N) is 1. The Morgan fingerprint density at radius 3 is 2.24 bits per heavy atom. The summed E-state index contributed by atoms with van der Waals surface area (Å²) < 4.78 is 44.6. The van der Waals surface area contributed by atoms with Crippen molar-refractivity contribution in [2.45, 2.75) is 31.6 Å². The summed E-state index contributed by atoms with van der Waals surface area (Å²) in [6, 6.07) is 12.3. The second-order valence-corrected chi connectivity index (χ2v) is 8.32. The molecule has 0 aromatic heterocycles. The van der Waals surface area contributed by atoms with Gasteiger partial charge in [0.2, 0.25) is 15.9 Å². The van der Waals surface area contributed by atoms with Crippen LogP contribution in [0.4, 0.5) is 4.39 Å². The highest BCUT2D eigenvalue weighted by molar-refractivity contribution is 7.89. The Labute approximate surface area is 171 Å². The molecule has 0 unspecified atom stereocenters. The fourth-order valence-corrected chi connectivity index (χ4v) is 4.24. The molecular formula is C21H27FN2O4S. The predicted molar refractivity (Wildman–Crippen MR) is 110 cm³/mol. The van der Waals surface area contributed by atoms with Crippen molar-refractivity contribution in [3.8, 4) is 5.75 Å². The van der Waals surface area contributed by atoms with Gasteiger partial charge in [0.1, 0.15) is 18.2 Å². The normalized spacial score (nSPS) is 11.4. The van der Waals surface area contributed by atoms with Crippen LogP contribution in [0.1, 0.15) is 25.8 Å².